The van der Waals surface area contributed by atoms with E-state index in [0.717, 1.165) is 33.5 Å². The molecule has 6 N–H and O–H groups in total. The van der Waals surface area contributed by atoms with Gasteiger partial charge in [0.1, 0.15) is 10.5 Å². The molecule has 4 amide bonds. The fourth-order valence-electron chi connectivity index (χ4n) is 1.95. The maximum Gasteiger partial charge on any atom is 0.262 e. The Morgan fingerprint density at radius 3 is 1.50 bits per heavy atom. The Morgan fingerprint density at radius 2 is 1.23 bits per heavy atom. The minimum absolute atomic E-state index is 0.268. The van der Waals surface area contributed by atoms with Crippen LogP contribution in [-0.4, -0.2) is 54.5 Å². The lowest BCUT2D eigenvalue weighted by atomic mass is 10.2. The fraction of sp³-hybridized carbons (Fsp3) is 0.400. The molecule has 0 saturated carbocycles. The third-order valence-corrected chi connectivity index (χ3v) is 4.93. The zero-order valence-electron chi connectivity index (χ0n) is 11.1. The maximum absolute atomic E-state index is 12.2. The predicted octanol–water partition coefficient (Wildman–Crippen LogP) is -1.59. The van der Waals surface area contributed by atoms with Crippen LogP contribution >= 0.6 is 23.5 Å². The second kappa shape index (κ2) is 5.96. The van der Waals surface area contributed by atoms with Gasteiger partial charge in [0.15, 0.2) is 10.3 Å². The van der Waals surface area contributed by atoms with Crippen LogP contribution in [0.15, 0.2) is 0 Å². The van der Waals surface area contributed by atoms with E-state index in [1.807, 2.05) is 0 Å². The van der Waals surface area contributed by atoms with Crippen molar-refractivity contribution in [1.82, 2.24) is 10.0 Å². The number of carbonyl (C=O) groups excluding carboxylic acids is 4. The van der Waals surface area contributed by atoms with E-state index in [4.69, 9.17) is 22.3 Å². The number of hydrazine groups is 1. The summed E-state index contributed by atoms with van der Waals surface area (Å²) in [5, 5.41) is 14.7. The molecule has 118 valence electrons. The summed E-state index contributed by atoms with van der Waals surface area (Å²) in [6.45, 7) is 0. The van der Waals surface area contributed by atoms with Gasteiger partial charge in [0.25, 0.3) is 11.8 Å². The number of nitrogens with zero attached hydrogens (tertiary/aromatic N) is 2. The smallest absolute Gasteiger partial charge is 0.262 e. The molecular formula is C10H12N6O4S2. The maximum atomic E-state index is 12.2. The van der Waals surface area contributed by atoms with E-state index in [0.29, 0.717) is 0 Å². The number of nitrogens with two attached hydrogens (primary N) is 2. The summed E-state index contributed by atoms with van der Waals surface area (Å²) < 4.78 is 0. The summed E-state index contributed by atoms with van der Waals surface area (Å²) in [5.74, 6) is -2.76. The minimum Gasteiger partial charge on any atom is -0.370 e. The zero-order valence-corrected chi connectivity index (χ0v) is 12.7. The molecule has 2 atom stereocenters. The second-order valence-corrected chi connectivity index (χ2v) is 6.85. The van der Waals surface area contributed by atoms with Gasteiger partial charge in [-0.25, -0.2) is 0 Å². The molecule has 0 spiro atoms. The molecule has 0 aromatic heterocycles. The highest BCUT2D eigenvalue weighted by Gasteiger charge is 2.49. The van der Waals surface area contributed by atoms with Crippen molar-refractivity contribution in [2.75, 3.05) is 0 Å². The number of thioether (sulfide) groups is 2. The quantitative estimate of drug-likeness (QED) is 0.467. The van der Waals surface area contributed by atoms with Crippen LogP contribution in [0.25, 0.3) is 0 Å². The van der Waals surface area contributed by atoms with Crippen LogP contribution in [0.3, 0.4) is 0 Å². The average Bonchev–Trinajstić information content (AvgIpc) is 2.78. The molecule has 2 heterocycles. The number of carbonyl (C=O) groups is 4. The highest BCUT2D eigenvalue weighted by Crippen LogP contribution is 2.36. The average molecular weight is 344 g/mol. The molecule has 2 aliphatic heterocycles. The van der Waals surface area contributed by atoms with Gasteiger partial charge in [-0.15, -0.1) is 0 Å². The van der Waals surface area contributed by atoms with E-state index < -0.39 is 34.1 Å². The lowest BCUT2D eigenvalue weighted by Gasteiger charge is -2.25. The summed E-state index contributed by atoms with van der Waals surface area (Å²) in [7, 11) is 0. The summed E-state index contributed by atoms with van der Waals surface area (Å²) in [6.07, 6.45) is -0.537. The van der Waals surface area contributed by atoms with Crippen molar-refractivity contribution in [2.45, 2.75) is 23.3 Å². The van der Waals surface area contributed by atoms with E-state index in [-0.39, 0.29) is 23.2 Å². The van der Waals surface area contributed by atoms with Crippen LogP contribution < -0.4 is 11.5 Å². The summed E-state index contributed by atoms with van der Waals surface area (Å²) in [6, 6.07) is 0. The van der Waals surface area contributed by atoms with Crippen molar-refractivity contribution in [3.63, 3.8) is 0 Å². The van der Waals surface area contributed by atoms with Crippen LogP contribution in [0.5, 0.6) is 0 Å². The first-order valence-corrected chi connectivity index (χ1v) is 7.73. The Bertz CT molecular complexity index is 556. The first kappa shape index (κ1) is 16.3. The van der Waals surface area contributed by atoms with Crippen molar-refractivity contribution < 1.29 is 19.2 Å². The molecule has 0 aliphatic carbocycles. The van der Waals surface area contributed by atoms with Crippen molar-refractivity contribution in [3.8, 4) is 0 Å². The van der Waals surface area contributed by atoms with E-state index in [1.165, 1.54) is 0 Å². The molecular weight excluding hydrogens is 332 g/mol. The molecule has 22 heavy (non-hydrogen) atoms. The predicted molar refractivity (Wildman–Crippen MR) is 79.5 cm³/mol. The summed E-state index contributed by atoms with van der Waals surface area (Å²) >= 11 is 1.57. The highest BCUT2D eigenvalue weighted by molar-refractivity contribution is 8.16. The van der Waals surface area contributed by atoms with E-state index in [9.17, 15) is 19.2 Å². The van der Waals surface area contributed by atoms with Gasteiger partial charge in [-0.1, -0.05) is 23.5 Å². The lowest BCUT2D eigenvalue weighted by Crippen LogP contribution is -2.50. The van der Waals surface area contributed by atoms with Gasteiger partial charge in [0.05, 0.1) is 0 Å². The van der Waals surface area contributed by atoms with Gasteiger partial charge >= 0.3 is 0 Å². The molecule has 2 unspecified atom stereocenters. The molecule has 0 aromatic rings. The number of hydrogen-bond acceptors (Lipinski definition) is 8. The Balaban J connectivity index is 2.20. The molecule has 2 saturated heterocycles. The monoisotopic (exact) mass is 344 g/mol. The third-order valence-electron chi connectivity index (χ3n) is 2.83. The van der Waals surface area contributed by atoms with E-state index in [1.54, 1.807) is 0 Å². The molecule has 10 nitrogen and oxygen atoms in total. The molecule has 2 rings (SSSR count). The number of hydrogen-bond donors (Lipinski definition) is 4. The van der Waals surface area contributed by atoms with Crippen LogP contribution in [0.4, 0.5) is 0 Å². The van der Waals surface area contributed by atoms with Gasteiger partial charge in [-0.3, -0.25) is 30.0 Å². The molecule has 0 bridgehead atoms. The van der Waals surface area contributed by atoms with Crippen molar-refractivity contribution in [2.24, 2.45) is 11.5 Å². The van der Waals surface area contributed by atoms with E-state index >= 15 is 0 Å². The molecule has 0 radical (unpaired) electrons. The first-order valence-electron chi connectivity index (χ1n) is 5.97. The third kappa shape index (κ3) is 2.92. The number of amidine groups is 2. The molecule has 2 aliphatic rings. The van der Waals surface area contributed by atoms with Gasteiger partial charge in [0.2, 0.25) is 11.8 Å². The van der Waals surface area contributed by atoms with Crippen molar-refractivity contribution in [3.05, 3.63) is 0 Å². The molecule has 12 heteroatoms. The van der Waals surface area contributed by atoms with Crippen LogP contribution in [0, 0.1) is 10.8 Å². The largest absolute Gasteiger partial charge is 0.370 e. The Labute approximate surface area is 132 Å². The number of amides is 4. The number of rotatable bonds is 5. The van der Waals surface area contributed by atoms with Gasteiger partial charge in [0, 0.05) is 12.8 Å². The first-order chi connectivity index (χ1) is 10.2. The minimum atomic E-state index is -0.897. The van der Waals surface area contributed by atoms with Crippen LogP contribution in [-0.2, 0) is 19.2 Å². The summed E-state index contributed by atoms with van der Waals surface area (Å²) in [4.78, 5) is 46.3. The Morgan fingerprint density at radius 1 is 0.909 bits per heavy atom. The normalized spacial score (nSPS) is 25.3. The van der Waals surface area contributed by atoms with Crippen LogP contribution in [0.2, 0.25) is 0 Å². The lowest BCUT2D eigenvalue weighted by molar-refractivity contribution is -0.146. The van der Waals surface area contributed by atoms with Crippen LogP contribution in [0.1, 0.15) is 12.8 Å². The zero-order chi connectivity index (χ0) is 16.6. The van der Waals surface area contributed by atoms with Gasteiger partial charge < -0.3 is 11.5 Å². The number of nitrogens with one attached hydrogen (secondary N) is 2. The molecule has 0 aromatic carbocycles. The summed E-state index contributed by atoms with van der Waals surface area (Å²) in [5.41, 5.74) is 10.1. The number of primary amides is 2. The fourth-order valence-corrected chi connectivity index (χ4v) is 3.92. The standard InChI is InChI=1S/C10H12N6O4S2/c11-5(17)1-3-7(19)15(9(13)21-3)16-8(20)4(2-6(12)18)22-10(16)14/h3-4,13-14H,1-2H2,(H2,11,17)(H2,12,18). The van der Waals surface area contributed by atoms with Gasteiger partial charge in [-0.2, -0.15) is 10.0 Å². The SMILES string of the molecule is N=C1SC(CC(N)=O)C(=O)N1N1C(=N)SC(CC(N)=O)C1=O. The highest BCUT2D eigenvalue weighted by atomic mass is 32.2. The van der Waals surface area contributed by atoms with E-state index in [2.05, 4.69) is 0 Å². The van der Waals surface area contributed by atoms with Gasteiger partial charge in [-0.05, 0) is 0 Å². The Hall–Kier alpha value is -2.08. The topological polar surface area (TPSA) is 174 Å². The molecule has 2 fully saturated rings. The second-order valence-electron chi connectivity index (χ2n) is 4.46. The van der Waals surface area contributed by atoms with Crippen molar-refractivity contribution >= 4 is 57.5 Å². The van der Waals surface area contributed by atoms with Crippen molar-refractivity contribution in [1.29, 1.82) is 10.8 Å². The Kier molecular flexibility index (Phi) is 4.42.